The van der Waals surface area contributed by atoms with Crippen LogP contribution in [0.25, 0.3) is 10.9 Å². The average Bonchev–Trinajstić information content (AvgIpc) is 2.47. The van der Waals surface area contributed by atoms with Crippen LogP contribution in [0.5, 0.6) is 0 Å². The van der Waals surface area contributed by atoms with Crippen LogP contribution in [0.4, 0.5) is 4.39 Å². The van der Waals surface area contributed by atoms with E-state index in [2.05, 4.69) is 4.98 Å². The molecular weight excluding hydrogens is 257 g/mol. The highest BCUT2D eigenvalue weighted by Gasteiger charge is 2.22. The van der Waals surface area contributed by atoms with E-state index in [1.807, 2.05) is 0 Å². The predicted molar refractivity (Wildman–Crippen MR) is 74.8 cm³/mol. The molecule has 0 aliphatic carbocycles. The molecule has 0 bridgehead atoms. The summed E-state index contributed by atoms with van der Waals surface area (Å²) in [5.41, 5.74) is 6.63. The van der Waals surface area contributed by atoms with Crippen molar-refractivity contribution in [1.82, 2.24) is 9.88 Å². The van der Waals surface area contributed by atoms with Crippen molar-refractivity contribution in [2.45, 2.75) is 18.9 Å². The fraction of sp³-hybridized carbons (Fsp3) is 0.333. The van der Waals surface area contributed by atoms with E-state index in [0.29, 0.717) is 29.6 Å². The third kappa shape index (κ3) is 2.36. The molecule has 1 amide bonds. The molecule has 104 valence electrons. The van der Waals surface area contributed by atoms with E-state index >= 15 is 0 Å². The Hall–Kier alpha value is -2.01. The Morgan fingerprint density at radius 1 is 1.35 bits per heavy atom. The monoisotopic (exact) mass is 273 g/mol. The number of fused-ring (bicyclic) bond motifs is 1. The Labute approximate surface area is 116 Å². The molecule has 1 aliphatic rings. The summed E-state index contributed by atoms with van der Waals surface area (Å²) in [4.78, 5) is 18.2. The Balaban J connectivity index is 1.88. The van der Waals surface area contributed by atoms with Crippen LogP contribution in [0, 0.1) is 5.82 Å². The summed E-state index contributed by atoms with van der Waals surface area (Å²) < 4.78 is 13.5. The molecule has 1 saturated heterocycles. The number of nitrogens with zero attached hydrogens (tertiary/aromatic N) is 2. The first-order valence-electron chi connectivity index (χ1n) is 6.74. The number of pyridine rings is 1. The predicted octanol–water partition coefficient (Wildman–Crippen LogP) is 1.94. The molecular formula is C15H16FN3O. The molecule has 0 spiro atoms. The van der Waals surface area contributed by atoms with Gasteiger partial charge in [-0.2, -0.15) is 0 Å². The quantitative estimate of drug-likeness (QED) is 0.863. The molecule has 1 aliphatic heterocycles. The van der Waals surface area contributed by atoms with Crippen molar-refractivity contribution in [3.05, 3.63) is 41.8 Å². The zero-order valence-electron chi connectivity index (χ0n) is 11.1. The molecule has 2 heterocycles. The molecule has 0 saturated carbocycles. The molecule has 4 nitrogen and oxygen atoms in total. The van der Waals surface area contributed by atoms with Crippen LogP contribution in [0.3, 0.4) is 0 Å². The second kappa shape index (κ2) is 5.17. The minimum atomic E-state index is -0.370. The summed E-state index contributed by atoms with van der Waals surface area (Å²) in [7, 11) is 0. The van der Waals surface area contributed by atoms with Crippen molar-refractivity contribution in [3.8, 4) is 0 Å². The molecule has 0 radical (unpaired) electrons. The number of amides is 1. The highest BCUT2D eigenvalue weighted by Crippen LogP contribution is 2.18. The molecule has 0 unspecified atom stereocenters. The van der Waals surface area contributed by atoms with Crippen LogP contribution >= 0.6 is 0 Å². The number of benzene rings is 1. The van der Waals surface area contributed by atoms with E-state index in [4.69, 9.17) is 5.73 Å². The van der Waals surface area contributed by atoms with Crippen molar-refractivity contribution < 1.29 is 9.18 Å². The van der Waals surface area contributed by atoms with Gasteiger partial charge in [-0.1, -0.05) is 12.1 Å². The number of nitrogens with two attached hydrogens (primary N) is 1. The van der Waals surface area contributed by atoms with E-state index in [1.54, 1.807) is 23.1 Å². The highest BCUT2D eigenvalue weighted by molar-refractivity contribution is 5.97. The van der Waals surface area contributed by atoms with Crippen LogP contribution in [-0.4, -0.2) is 34.9 Å². The van der Waals surface area contributed by atoms with Gasteiger partial charge in [0.2, 0.25) is 0 Å². The largest absolute Gasteiger partial charge is 0.338 e. The van der Waals surface area contributed by atoms with Crippen LogP contribution in [0.15, 0.2) is 30.5 Å². The first-order chi connectivity index (χ1) is 9.65. The van der Waals surface area contributed by atoms with Crippen LogP contribution in [-0.2, 0) is 0 Å². The van der Waals surface area contributed by atoms with E-state index < -0.39 is 0 Å². The topological polar surface area (TPSA) is 59.2 Å². The van der Waals surface area contributed by atoms with Gasteiger partial charge in [-0.25, -0.2) is 4.39 Å². The van der Waals surface area contributed by atoms with Crippen molar-refractivity contribution >= 4 is 16.8 Å². The van der Waals surface area contributed by atoms with Gasteiger partial charge >= 0.3 is 0 Å². The van der Waals surface area contributed by atoms with Crippen LogP contribution < -0.4 is 5.73 Å². The zero-order valence-corrected chi connectivity index (χ0v) is 11.1. The number of piperidine rings is 1. The van der Waals surface area contributed by atoms with Crippen LogP contribution in [0.1, 0.15) is 23.2 Å². The molecule has 0 atom stereocenters. The van der Waals surface area contributed by atoms with Gasteiger partial charge in [-0.15, -0.1) is 0 Å². The Morgan fingerprint density at radius 2 is 2.10 bits per heavy atom. The smallest absolute Gasteiger partial charge is 0.255 e. The fourth-order valence-electron chi connectivity index (χ4n) is 2.53. The average molecular weight is 273 g/mol. The van der Waals surface area contributed by atoms with Gasteiger partial charge in [0, 0.05) is 30.7 Å². The highest BCUT2D eigenvalue weighted by atomic mass is 19.1. The molecule has 1 fully saturated rings. The maximum absolute atomic E-state index is 13.5. The standard InChI is InChI=1S/C15H16FN3O/c16-13-3-1-2-10-8-11(9-18-14(10)13)15(20)19-6-4-12(17)5-7-19/h1-3,8-9,12H,4-7,17H2. The van der Waals surface area contributed by atoms with E-state index in [1.165, 1.54) is 12.3 Å². The lowest BCUT2D eigenvalue weighted by Crippen LogP contribution is -2.42. The third-order valence-electron chi connectivity index (χ3n) is 3.74. The Morgan fingerprint density at radius 3 is 2.85 bits per heavy atom. The SMILES string of the molecule is NC1CCN(C(=O)c2cnc3c(F)cccc3c2)CC1. The van der Waals surface area contributed by atoms with Crippen molar-refractivity contribution in [3.63, 3.8) is 0 Å². The maximum Gasteiger partial charge on any atom is 0.255 e. The molecule has 3 rings (SSSR count). The number of rotatable bonds is 1. The summed E-state index contributed by atoms with van der Waals surface area (Å²) in [6.45, 7) is 1.34. The van der Waals surface area contributed by atoms with Crippen molar-refractivity contribution in [2.24, 2.45) is 5.73 Å². The second-order valence-electron chi connectivity index (χ2n) is 5.17. The van der Waals surface area contributed by atoms with E-state index in [9.17, 15) is 9.18 Å². The minimum Gasteiger partial charge on any atom is -0.338 e. The maximum atomic E-state index is 13.5. The third-order valence-corrected chi connectivity index (χ3v) is 3.74. The Bertz CT molecular complexity index is 651. The normalized spacial score (nSPS) is 16.6. The van der Waals surface area contributed by atoms with E-state index in [-0.39, 0.29) is 17.8 Å². The number of carbonyl (C=O) groups excluding carboxylic acids is 1. The van der Waals surface area contributed by atoms with Gasteiger partial charge < -0.3 is 10.6 Å². The van der Waals surface area contributed by atoms with Gasteiger partial charge in [0.15, 0.2) is 0 Å². The number of hydrogen-bond donors (Lipinski definition) is 1. The summed E-state index contributed by atoms with van der Waals surface area (Å²) in [6, 6.07) is 6.62. The summed E-state index contributed by atoms with van der Waals surface area (Å²) in [5, 5.41) is 0.643. The number of para-hydroxylation sites is 1. The number of hydrogen-bond acceptors (Lipinski definition) is 3. The first kappa shape index (κ1) is 13.0. The molecule has 5 heteroatoms. The summed E-state index contributed by atoms with van der Waals surface area (Å²) in [5.74, 6) is -0.430. The lowest BCUT2D eigenvalue weighted by Gasteiger charge is -2.30. The lowest BCUT2D eigenvalue weighted by atomic mass is 10.0. The molecule has 1 aromatic heterocycles. The molecule has 1 aromatic carbocycles. The number of likely N-dealkylation sites (tertiary alicyclic amines) is 1. The van der Waals surface area contributed by atoms with Gasteiger partial charge in [0.1, 0.15) is 11.3 Å². The zero-order chi connectivity index (χ0) is 14.1. The van der Waals surface area contributed by atoms with Crippen LogP contribution in [0.2, 0.25) is 0 Å². The van der Waals surface area contributed by atoms with Gasteiger partial charge in [-0.3, -0.25) is 9.78 Å². The van der Waals surface area contributed by atoms with Gasteiger partial charge in [0.25, 0.3) is 5.91 Å². The lowest BCUT2D eigenvalue weighted by molar-refractivity contribution is 0.0714. The number of halogens is 1. The minimum absolute atomic E-state index is 0.0597. The van der Waals surface area contributed by atoms with Crippen molar-refractivity contribution in [2.75, 3.05) is 13.1 Å². The number of carbonyl (C=O) groups is 1. The summed E-state index contributed by atoms with van der Waals surface area (Å²) in [6.07, 6.45) is 3.09. The Kier molecular flexibility index (Phi) is 3.36. The second-order valence-corrected chi connectivity index (χ2v) is 5.17. The van der Waals surface area contributed by atoms with E-state index in [0.717, 1.165) is 12.8 Å². The first-order valence-corrected chi connectivity index (χ1v) is 6.74. The van der Waals surface area contributed by atoms with Gasteiger partial charge in [0.05, 0.1) is 5.56 Å². The molecule has 20 heavy (non-hydrogen) atoms. The molecule has 2 N–H and O–H groups in total. The summed E-state index contributed by atoms with van der Waals surface area (Å²) >= 11 is 0. The fourth-order valence-corrected chi connectivity index (χ4v) is 2.53. The van der Waals surface area contributed by atoms with Crippen molar-refractivity contribution in [1.29, 1.82) is 0 Å². The van der Waals surface area contributed by atoms with Gasteiger partial charge in [-0.05, 0) is 25.0 Å². The molecule has 2 aromatic rings. The number of aromatic nitrogens is 1.